The van der Waals surface area contributed by atoms with Crippen molar-refractivity contribution < 1.29 is 18.9 Å². The maximum atomic E-state index is 12.9. The summed E-state index contributed by atoms with van der Waals surface area (Å²) in [4.78, 5) is 32.3. The first-order valence-corrected chi connectivity index (χ1v) is 9.74. The minimum absolute atomic E-state index is 0.325. The van der Waals surface area contributed by atoms with Gasteiger partial charge in [-0.2, -0.15) is 5.43 Å². The lowest BCUT2D eigenvalue weighted by Gasteiger charge is -2.31. The van der Waals surface area contributed by atoms with Crippen molar-refractivity contribution in [2.45, 2.75) is 12.6 Å². The number of urea groups is 1. The second-order valence-electron chi connectivity index (χ2n) is 7.19. The molecule has 2 aromatic rings. The monoisotopic (exact) mass is 419 g/mol. The van der Waals surface area contributed by atoms with Crippen LogP contribution in [0.1, 0.15) is 11.1 Å². The highest BCUT2D eigenvalue weighted by atomic mass is 16.5. The van der Waals surface area contributed by atoms with Gasteiger partial charge in [-0.05, 0) is 35.4 Å². The van der Waals surface area contributed by atoms with Crippen LogP contribution in [0.5, 0.6) is 5.75 Å². The predicted octanol–water partition coefficient (Wildman–Crippen LogP) is 1.49. The molecule has 2 aromatic carbocycles. The molecule has 0 aromatic heterocycles. The van der Waals surface area contributed by atoms with E-state index in [9.17, 15) is 9.59 Å². The van der Waals surface area contributed by atoms with Crippen molar-refractivity contribution in [3.05, 3.63) is 65.7 Å². The zero-order valence-electron chi connectivity index (χ0n) is 17.5. The summed E-state index contributed by atoms with van der Waals surface area (Å²) in [5.41, 5.74) is 4.82. The van der Waals surface area contributed by atoms with Gasteiger partial charge in [-0.25, -0.2) is 9.37 Å². The molecule has 1 N–H and O–H groups in total. The number of hydrogen-bond donors (Lipinski definition) is 1. The van der Waals surface area contributed by atoms with Crippen molar-refractivity contribution in [2.75, 3.05) is 21.2 Å². The van der Waals surface area contributed by atoms with E-state index in [1.807, 2.05) is 59.2 Å². The number of aliphatic imine (C=N–C) groups is 1. The summed E-state index contributed by atoms with van der Waals surface area (Å²) >= 11 is 0. The quantitative estimate of drug-likeness (QED) is 0.452. The number of carbonyl (C=O) groups excluding carboxylic acids is 2. The van der Waals surface area contributed by atoms with Gasteiger partial charge in [-0.1, -0.05) is 35.3 Å². The minimum atomic E-state index is -0.702. The molecule has 0 saturated carbocycles. The highest BCUT2D eigenvalue weighted by Crippen LogP contribution is 2.20. The fourth-order valence-corrected chi connectivity index (χ4v) is 3.49. The standard InChI is InChI=1S/C22H22N6O3/c1-26-19-18(20(29)27(2)22(26)30)28(14-16-7-5-4-6-8-16)21(24-19)25-23-13-15-9-11-17(31-3)12-10-15/h4-13,18H,14H2,1-3H3/p+1/b23-13-. The summed E-state index contributed by atoms with van der Waals surface area (Å²) in [6, 6.07) is 16.1. The Morgan fingerprint density at radius 2 is 1.81 bits per heavy atom. The van der Waals surface area contributed by atoms with Gasteiger partial charge in [0.2, 0.25) is 11.9 Å². The Morgan fingerprint density at radius 3 is 2.48 bits per heavy atom. The molecule has 9 nitrogen and oxygen atoms in total. The third kappa shape index (κ3) is 3.89. The van der Waals surface area contributed by atoms with Crippen LogP contribution in [-0.4, -0.2) is 71.6 Å². The lowest BCUT2D eigenvalue weighted by molar-refractivity contribution is -0.553. The van der Waals surface area contributed by atoms with Crippen molar-refractivity contribution in [1.29, 1.82) is 0 Å². The van der Waals surface area contributed by atoms with Crippen LogP contribution in [0.15, 0.2) is 64.7 Å². The molecule has 0 radical (unpaired) electrons. The zero-order valence-corrected chi connectivity index (χ0v) is 17.5. The van der Waals surface area contributed by atoms with Gasteiger partial charge in [0.1, 0.15) is 5.75 Å². The first-order valence-electron chi connectivity index (χ1n) is 9.74. The van der Waals surface area contributed by atoms with E-state index in [1.54, 1.807) is 20.4 Å². The van der Waals surface area contributed by atoms with E-state index in [-0.39, 0.29) is 5.91 Å². The Kier molecular flexibility index (Phi) is 5.48. The molecule has 1 unspecified atom stereocenters. The largest absolute Gasteiger partial charge is 0.497 e. The fraction of sp³-hybridized carbons (Fsp3) is 0.227. The SMILES string of the molecule is COc1ccc(/C=N\NC2=[N+](Cc3ccccc3)C3C(=O)N(C)C(=O)N(C)C3=N2)cc1. The lowest BCUT2D eigenvalue weighted by atomic mass is 10.1. The third-order valence-corrected chi connectivity index (χ3v) is 5.22. The van der Waals surface area contributed by atoms with Crippen LogP contribution in [-0.2, 0) is 11.3 Å². The summed E-state index contributed by atoms with van der Waals surface area (Å²) in [6.45, 7) is 0.431. The highest BCUT2D eigenvalue weighted by molar-refractivity contribution is 6.22. The van der Waals surface area contributed by atoms with Gasteiger partial charge >= 0.3 is 12.0 Å². The van der Waals surface area contributed by atoms with Gasteiger partial charge in [0, 0.05) is 14.1 Å². The number of guanidine groups is 1. The molecule has 0 aliphatic carbocycles. The van der Waals surface area contributed by atoms with Crippen LogP contribution in [0.2, 0.25) is 0 Å². The molecule has 0 bridgehead atoms. The van der Waals surface area contributed by atoms with Gasteiger partial charge < -0.3 is 4.74 Å². The lowest BCUT2D eigenvalue weighted by Crippen LogP contribution is -2.61. The van der Waals surface area contributed by atoms with E-state index in [0.29, 0.717) is 18.3 Å². The van der Waals surface area contributed by atoms with Crippen LogP contribution in [0.4, 0.5) is 4.79 Å². The molecular formula is C22H23N6O3+. The topological polar surface area (TPSA) is 89.6 Å². The van der Waals surface area contributed by atoms with Gasteiger partial charge in [0.05, 0.1) is 19.9 Å². The summed E-state index contributed by atoms with van der Waals surface area (Å²) in [5.74, 6) is 1.21. The molecule has 158 valence electrons. The molecule has 9 heteroatoms. The van der Waals surface area contributed by atoms with Crippen LogP contribution in [0.25, 0.3) is 0 Å². The van der Waals surface area contributed by atoms with Crippen LogP contribution >= 0.6 is 0 Å². The van der Waals surface area contributed by atoms with E-state index in [2.05, 4.69) is 15.5 Å². The Morgan fingerprint density at radius 1 is 1.10 bits per heavy atom. The second-order valence-corrected chi connectivity index (χ2v) is 7.19. The molecule has 1 atom stereocenters. The molecule has 1 saturated heterocycles. The van der Waals surface area contributed by atoms with E-state index in [1.165, 1.54) is 11.9 Å². The number of methoxy groups -OCH3 is 1. The summed E-state index contributed by atoms with van der Waals surface area (Å²) in [7, 11) is 4.70. The first kappa shape index (κ1) is 20.3. The number of rotatable bonds is 5. The number of nitrogens with zero attached hydrogens (tertiary/aromatic N) is 5. The second kappa shape index (κ2) is 8.39. The van der Waals surface area contributed by atoms with Gasteiger partial charge in [-0.3, -0.25) is 14.6 Å². The van der Waals surface area contributed by atoms with E-state index in [4.69, 9.17) is 4.74 Å². The highest BCUT2D eigenvalue weighted by Gasteiger charge is 2.51. The maximum absolute atomic E-state index is 12.9. The van der Waals surface area contributed by atoms with Crippen LogP contribution < -0.4 is 10.2 Å². The molecule has 3 amide bonds. The smallest absolute Gasteiger partial charge is 0.414 e. The number of nitrogens with one attached hydrogen (secondary N) is 1. The molecule has 2 heterocycles. The van der Waals surface area contributed by atoms with E-state index >= 15 is 0 Å². The number of carbonyl (C=O) groups is 2. The molecular weight excluding hydrogens is 396 g/mol. The van der Waals surface area contributed by atoms with Crippen molar-refractivity contribution in [3.63, 3.8) is 0 Å². The summed E-state index contributed by atoms with van der Waals surface area (Å²) in [6.07, 6.45) is 1.65. The molecule has 2 aliphatic heterocycles. The average molecular weight is 419 g/mol. The van der Waals surface area contributed by atoms with Crippen LogP contribution in [0.3, 0.4) is 0 Å². The Balaban J connectivity index is 1.64. The number of fused-ring (bicyclic) bond motifs is 1. The minimum Gasteiger partial charge on any atom is -0.497 e. The Hall–Kier alpha value is -4.01. The maximum Gasteiger partial charge on any atom is 0.414 e. The number of ether oxygens (including phenoxy) is 1. The van der Waals surface area contributed by atoms with Gasteiger partial charge in [-0.15, -0.1) is 5.10 Å². The Bertz CT molecular complexity index is 1090. The van der Waals surface area contributed by atoms with E-state index in [0.717, 1.165) is 21.8 Å². The van der Waals surface area contributed by atoms with Crippen molar-refractivity contribution in [1.82, 2.24) is 15.2 Å². The molecule has 4 rings (SSSR count). The van der Waals surface area contributed by atoms with Crippen molar-refractivity contribution >= 4 is 29.9 Å². The fourth-order valence-electron chi connectivity index (χ4n) is 3.49. The number of imide groups is 1. The van der Waals surface area contributed by atoms with Crippen molar-refractivity contribution in [3.8, 4) is 5.75 Å². The normalized spacial score (nSPS) is 18.5. The number of amides is 3. The number of hydrogen-bond acceptors (Lipinski definition) is 6. The third-order valence-electron chi connectivity index (χ3n) is 5.22. The summed E-state index contributed by atoms with van der Waals surface area (Å²) in [5, 5.41) is 4.29. The van der Waals surface area contributed by atoms with Gasteiger partial charge in [0.25, 0.3) is 5.91 Å². The first-order chi connectivity index (χ1) is 15.0. The number of likely N-dealkylation sites (N-methyl/N-ethyl adjacent to an activating group) is 2. The number of hydrazone groups is 1. The number of benzene rings is 2. The molecule has 0 spiro atoms. The summed E-state index contributed by atoms with van der Waals surface area (Å²) < 4.78 is 6.98. The van der Waals surface area contributed by atoms with Crippen LogP contribution in [0, 0.1) is 0 Å². The van der Waals surface area contributed by atoms with E-state index < -0.39 is 12.1 Å². The Labute approximate surface area is 179 Å². The molecule has 2 aliphatic rings. The molecule has 31 heavy (non-hydrogen) atoms. The van der Waals surface area contributed by atoms with Gasteiger partial charge in [0.15, 0.2) is 0 Å². The number of amidine groups is 1. The zero-order chi connectivity index (χ0) is 22.0. The predicted molar refractivity (Wildman–Crippen MR) is 116 cm³/mol. The van der Waals surface area contributed by atoms with Crippen molar-refractivity contribution in [2.24, 2.45) is 10.1 Å². The average Bonchev–Trinajstić information content (AvgIpc) is 3.15. The molecule has 1 fully saturated rings.